The molecule has 1 heterocycles. The van der Waals surface area contributed by atoms with E-state index in [0.29, 0.717) is 12.2 Å². The van der Waals surface area contributed by atoms with E-state index >= 15 is 0 Å². The minimum atomic E-state index is -4.53. The number of amides is 1. The van der Waals surface area contributed by atoms with Crippen LogP contribution in [0.15, 0.2) is 23.3 Å². The summed E-state index contributed by atoms with van der Waals surface area (Å²) >= 11 is 5.64. The van der Waals surface area contributed by atoms with E-state index in [1.54, 1.807) is 0 Å². The van der Waals surface area contributed by atoms with E-state index in [0.717, 1.165) is 12.1 Å². The van der Waals surface area contributed by atoms with Crippen molar-refractivity contribution in [3.63, 3.8) is 0 Å². The fourth-order valence-electron chi connectivity index (χ4n) is 2.21. The van der Waals surface area contributed by atoms with Gasteiger partial charge < -0.3 is 4.90 Å². The highest BCUT2D eigenvalue weighted by atomic mass is 35.5. The van der Waals surface area contributed by atoms with Crippen molar-refractivity contribution in [3.8, 4) is 0 Å². The maximum absolute atomic E-state index is 12.6. The summed E-state index contributed by atoms with van der Waals surface area (Å²) in [7, 11) is 0. The van der Waals surface area contributed by atoms with Gasteiger partial charge >= 0.3 is 6.18 Å². The summed E-state index contributed by atoms with van der Waals surface area (Å²) in [5, 5.41) is 2.95. The second-order valence-corrected chi connectivity index (χ2v) is 5.06. The third kappa shape index (κ3) is 3.40. The summed E-state index contributed by atoms with van der Waals surface area (Å²) in [6.45, 7) is 0.465. The lowest BCUT2D eigenvalue weighted by Gasteiger charge is -2.18. The number of nitrogens with zero attached hydrogens (tertiary/aromatic N) is 4. The number of rotatable bonds is 3. The van der Waals surface area contributed by atoms with Crippen molar-refractivity contribution in [2.75, 3.05) is 18.0 Å². The van der Waals surface area contributed by atoms with E-state index in [-0.39, 0.29) is 24.8 Å². The van der Waals surface area contributed by atoms with Gasteiger partial charge in [0.2, 0.25) is 5.91 Å². The molecule has 0 N–H and O–H groups in total. The second kappa shape index (κ2) is 5.83. The SMILES string of the molecule is [N-]=[N+]=NCC1CC(=O)N(c2ccc(C(F)(F)F)c(Cl)c2)C1. The third-order valence-electron chi connectivity index (χ3n) is 3.18. The van der Waals surface area contributed by atoms with Crippen LogP contribution in [0, 0.1) is 5.92 Å². The van der Waals surface area contributed by atoms with Gasteiger partial charge in [-0.15, -0.1) is 0 Å². The lowest BCUT2D eigenvalue weighted by molar-refractivity contribution is -0.137. The number of alkyl halides is 3. The van der Waals surface area contributed by atoms with Crippen LogP contribution < -0.4 is 4.90 Å². The summed E-state index contributed by atoms with van der Waals surface area (Å²) in [5.41, 5.74) is 7.62. The lowest BCUT2D eigenvalue weighted by Crippen LogP contribution is -2.25. The zero-order valence-corrected chi connectivity index (χ0v) is 11.4. The highest BCUT2D eigenvalue weighted by Gasteiger charge is 2.35. The van der Waals surface area contributed by atoms with E-state index in [1.807, 2.05) is 0 Å². The van der Waals surface area contributed by atoms with Gasteiger partial charge in [-0.25, -0.2) is 0 Å². The highest BCUT2D eigenvalue weighted by molar-refractivity contribution is 6.31. The Morgan fingerprint density at radius 2 is 2.19 bits per heavy atom. The first-order chi connectivity index (χ1) is 9.82. The van der Waals surface area contributed by atoms with E-state index in [4.69, 9.17) is 17.1 Å². The summed E-state index contributed by atoms with van der Waals surface area (Å²) in [5.74, 6) is -0.376. The zero-order valence-electron chi connectivity index (χ0n) is 10.6. The average Bonchev–Trinajstić information content (AvgIpc) is 2.76. The number of hydrogen-bond acceptors (Lipinski definition) is 2. The Hall–Kier alpha value is -1.92. The van der Waals surface area contributed by atoms with Crippen LogP contribution in [0.3, 0.4) is 0 Å². The Labute approximate surface area is 122 Å². The Bertz CT molecular complexity index is 613. The Morgan fingerprint density at radius 1 is 1.48 bits per heavy atom. The summed E-state index contributed by atoms with van der Waals surface area (Å²) in [6, 6.07) is 3.19. The Kier molecular flexibility index (Phi) is 4.29. The van der Waals surface area contributed by atoms with Crippen LogP contribution in [0.4, 0.5) is 18.9 Å². The third-order valence-corrected chi connectivity index (χ3v) is 3.49. The largest absolute Gasteiger partial charge is 0.417 e. The molecule has 0 bridgehead atoms. The molecule has 1 aromatic rings. The minimum absolute atomic E-state index is 0.144. The van der Waals surface area contributed by atoms with Crippen molar-refractivity contribution >= 4 is 23.2 Å². The van der Waals surface area contributed by atoms with Gasteiger partial charge in [-0.2, -0.15) is 13.2 Å². The van der Waals surface area contributed by atoms with Gasteiger partial charge in [0.15, 0.2) is 0 Å². The number of halogens is 4. The molecule has 1 saturated heterocycles. The molecule has 1 aromatic carbocycles. The zero-order chi connectivity index (χ0) is 15.6. The van der Waals surface area contributed by atoms with Crippen LogP contribution in [0.25, 0.3) is 10.4 Å². The van der Waals surface area contributed by atoms with Crippen LogP contribution in [0.1, 0.15) is 12.0 Å². The Morgan fingerprint density at radius 3 is 2.76 bits per heavy atom. The van der Waals surface area contributed by atoms with E-state index in [9.17, 15) is 18.0 Å². The molecule has 112 valence electrons. The predicted molar refractivity (Wildman–Crippen MR) is 70.9 cm³/mol. The van der Waals surface area contributed by atoms with E-state index in [2.05, 4.69) is 10.0 Å². The lowest BCUT2D eigenvalue weighted by atomic mass is 10.1. The first-order valence-corrected chi connectivity index (χ1v) is 6.38. The second-order valence-electron chi connectivity index (χ2n) is 4.65. The molecule has 9 heteroatoms. The predicted octanol–water partition coefficient (Wildman–Crippen LogP) is 4.02. The molecule has 1 aliphatic heterocycles. The molecule has 0 saturated carbocycles. The maximum atomic E-state index is 12.6. The molecule has 1 fully saturated rings. The first kappa shape index (κ1) is 15.5. The molecule has 0 spiro atoms. The quantitative estimate of drug-likeness (QED) is 0.471. The smallest absolute Gasteiger partial charge is 0.312 e. The van der Waals surface area contributed by atoms with Crippen molar-refractivity contribution in [2.24, 2.45) is 11.0 Å². The summed E-state index contributed by atoms with van der Waals surface area (Å²) in [4.78, 5) is 15.8. The van der Waals surface area contributed by atoms with Crippen LogP contribution in [-0.2, 0) is 11.0 Å². The van der Waals surface area contributed by atoms with Crippen molar-refractivity contribution in [3.05, 3.63) is 39.2 Å². The van der Waals surface area contributed by atoms with Crippen molar-refractivity contribution in [2.45, 2.75) is 12.6 Å². The normalized spacial score (nSPS) is 18.8. The molecule has 2 rings (SSSR count). The molecule has 21 heavy (non-hydrogen) atoms. The van der Waals surface area contributed by atoms with Crippen LogP contribution in [-0.4, -0.2) is 19.0 Å². The topological polar surface area (TPSA) is 69.1 Å². The number of hydrogen-bond donors (Lipinski definition) is 0. The average molecular weight is 319 g/mol. The molecule has 1 amide bonds. The number of anilines is 1. The van der Waals surface area contributed by atoms with Crippen molar-refractivity contribution in [1.29, 1.82) is 0 Å². The molecule has 0 radical (unpaired) electrons. The Balaban J connectivity index is 2.21. The maximum Gasteiger partial charge on any atom is 0.417 e. The molecular weight excluding hydrogens is 309 g/mol. The van der Waals surface area contributed by atoms with Gasteiger partial charge in [-0.1, -0.05) is 16.7 Å². The highest BCUT2D eigenvalue weighted by Crippen LogP contribution is 2.37. The van der Waals surface area contributed by atoms with Gasteiger partial charge in [-0.3, -0.25) is 4.79 Å². The summed E-state index contributed by atoms with van der Waals surface area (Å²) < 4.78 is 37.9. The summed E-state index contributed by atoms with van der Waals surface area (Å²) in [6.07, 6.45) is -4.34. The molecule has 1 unspecified atom stereocenters. The van der Waals surface area contributed by atoms with Gasteiger partial charge in [0, 0.05) is 30.1 Å². The van der Waals surface area contributed by atoms with Crippen LogP contribution in [0.5, 0.6) is 0 Å². The standard InChI is InChI=1S/C12H10ClF3N4O/c13-10-4-8(1-2-9(10)12(14,15)16)20-6-7(3-11(20)21)5-18-19-17/h1-2,4,7H,3,5-6H2. The molecule has 1 atom stereocenters. The van der Waals surface area contributed by atoms with Gasteiger partial charge in [0.05, 0.1) is 10.6 Å². The van der Waals surface area contributed by atoms with Gasteiger partial charge in [0.25, 0.3) is 0 Å². The van der Waals surface area contributed by atoms with E-state index in [1.165, 1.54) is 11.0 Å². The molecular formula is C12H10ClF3N4O. The molecule has 0 aliphatic carbocycles. The van der Waals surface area contributed by atoms with Crippen molar-refractivity contribution in [1.82, 2.24) is 0 Å². The van der Waals surface area contributed by atoms with Gasteiger partial charge in [0.1, 0.15) is 0 Å². The van der Waals surface area contributed by atoms with Crippen molar-refractivity contribution < 1.29 is 18.0 Å². The van der Waals surface area contributed by atoms with Gasteiger partial charge in [-0.05, 0) is 29.6 Å². The monoisotopic (exact) mass is 318 g/mol. The van der Waals surface area contributed by atoms with Crippen LogP contribution in [0.2, 0.25) is 5.02 Å². The minimum Gasteiger partial charge on any atom is -0.312 e. The number of carbonyl (C=O) groups is 1. The molecule has 5 nitrogen and oxygen atoms in total. The first-order valence-electron chi connectivity index (χ1n) is 6.01. The van der Waals surface area contributed by atoms with Crippen LogP contribution >= 0.6 is 11.6 Å². The number of azide groups is 1. The number of benzene rings is 1. The fraction of sp³-hybridized carbons (Fsp3) is 0.417. The fourth-order valence-corrected chi connectivity index (χ4v) is 2.49. The number of carbonyl (C=O) groups excluding carboxylic acids is 1. The van der Waals surface area contributed by atoms with E-state index < -0.39 is 16.8 Å². The molecule has 1 aliphatic rings. The molecule has 0 aromatic heterocycles.